The summed E-state index contributed by atoms with van der Waals surface area (Å²) in [5.74, 6) is 1.86. The van der Waals surface area contributed by atoms with E-state index in [1.165, 1.54) is 12.8 Å². The van der Waals surface area contributed by atoms with Crippen LogP contribution in [0, 0.1) is 13.8 Å². The number of hydrogen-bond donors (Lipinski definition) is 0. The standard InChI is InChI=1S/C20H27N5O2/c1-15-12-16(2)25(22-15)14-19(26)24-11-7-17(13-24)27-18-6-5-8-21-20(18)23-9-3-4-10-23/h5-6,8,12,17H,3-4,7,9-11,13-14H2,1-2H3/t17-/m0/s1. The van der Waals surface area contributed by atoms with Crippen molar-refractivity contribution < 1.29 is 9.53 Å². The molecule has 4 heterocycles. The summed E-state index contributed by atoms with van der Waals surface area (Å²) >= 11 is 0. The molecule has 0 aromatic carbocycles. The second kappa shape index (κ2) is 7.58. The van der Waals surface area contributed by atoms with E-state index in [1.807, 2.05) is 43.1 Å². The lowest BCUT2D eigenvalue weighted by Gasteiger charge is -2.22. The molecule has 7 heteroatoms. The Morgan fingerprint density at radius 1 is 1.26 bits per heavy atom. The van der Waals surface area contributed by atoms with Crippen molar-refractivity contribution in [2.24, 2.45) is 0 Å². The Balaban J connectivity index is 1.37. The molecule has 1 amide bonds. The summed E-state index contributed by atoms with van der Waals surface area (Å²) in [4.78, 5) is 21.3. The third kappa shape index (κ3) is 3.91. The van der Waals surface area contributed by atoms with Crippen LogP contribution < -0.4 is 9.64 Å². The molecule has 4 rings (SSSR count). The first-order chi connectivity index (χ1) is 13.1. The minimum atomic E-state index is 0.0138. The first kappa shape index (κ1) is 17.8. The van der Waals surface area contributed by atoms with Gasteiger partial charge < -0.3 is 14.5 Å². The Bertz CT molecular complexity index is 812. The Kier molecular flexibility index (Phi) is 5.01. The molecule has 1 atom stereocenters. The van der Waals surface area contributed by atoms with E-state index in [9.17, 15) is 4.79 Å². The Labute approximate surface area is 159 Å². The van der Waals surface area contributed by atoms with Gasteiger partial charge in [0.15, 0.2) is 11.6 Å². The number of nitrogens with zero attached hydrogens (tertiary/aromatic N) is 5. The highest BCUT2D eigenvalue weighted by atomic mass is 16.5. The predicted molar refractivity (Wildman–Crippen MR) is 103 cm³/mol. The number of rotatable bonds is 5. The topological polar surface area (TPSA) is 63.5 Å². The van der Waals surface area contributed by atoms with Gasteiger partial charge in [0.25, 0.3) is 0 Å². The van der Waals surface area contributed by atoms with Gasteiger partial charge in [0.2, 0.25) is 5.91 Å². The zero-order valence-electron chi connectivity index (χ0n) is 16.1. The second-order valence-corrected chi connectivity index (χ2v) is 7.47. The van der Waals surface area contributed by atoms with E-state index in [0.717, 1.165) is 49.0 Å². The molecule has 7 nitrogen and oxygen atoms in total. The van der Waals surface area contributed by atoms with E-state index in [0.29, 0.717) is 6.54 Å². The number of amides is 1. The largest absolute Gasteiger partial charge is 0.485 e. The van der Waals surface area contributed by atoms with Gasteiger partial charge in [-0.25, -0.2) is 4.98 Å². The van der Waals surface area contributed by atoms with Crippen LogP contribution in [0.15, 0.2) is 24.4 Å². The molecule has 0 unspecified atom stereocenters. The van der Waals surface area contributed by atoms with Crippen molar-refractivity contribution in [2.75, 3.05) is 31.1 Å². The smallest absolute Gasteiger partial charge is 0.244 e. The molecule has 0 N–H and O–H groups in total. The lowest BCUT2D eigenvalue weighted by Crippen LogP contribution is -2.34. The maximum atomic E-state index is 12.6. The van der Waals surface area contributed by atoms with E-state index < -0.39 is 0 Å². The third-order valence-electron chi connectivity index (χ3n) is 5.34. The fourth-order valence-electron chi connectivity index (χ4n) is 3.93. The van der Waals surface area contributed by atoms with Gasteiger partial charge in [-0.15, -0.1) is 0 Å². The first-order valence-electron chi connectivity index (χ1n) is 9.75. The van der Waals surface area contributed by atoms with Gasteiger partial charge in [0.1, 0.15) is 12.6 Å². The summed E-state index contributed by atoms with van der Waals surface area (Å²) in [5, 5.41) is 4.39. The van der Waals surface area contributed by atoms with Crippen LogP contribution >= 0.6 is 0 Å². The third-order valence-corrected chi connectivity index (χ3v) is 5.34. The number of aryl methyl sites for hydroxylation is 2. The average molecular weight is 369 g/mol. The molecule has 2 aliphatic heterocycles. The molecule has 27 heavy (non-hydrogen) atoms. The van der Waals surface area contributed by atoms with Gasteiger partial charge in [0.05, 0.1) is 12.2 Å². The molecule has 2 aromatic heterocycles. The number of carbonyl (C=O) groups is 1. The molecular formula is C20H27N5O2. The average Bonchev–Trinajstić information content (AvgIpc) is 3.38. The van der Waals surface area contributed by atoms with E-state index in [2.05, 4.69) is 15.0 Å². The minimum absolute atomic E-state index is 0.0138. The summed E-state index contributed by atoms with van der Waals surface area (Å²) in [6, 6.07) is 5.89. The number of aromatic nitrogens is 3. The lowest BCUT2D eigenvalue weighted by molar-refractivity contribution is -0.131. The van der Waals surface area contributed by atoms with Crippen molar-refractivity contribution >= 4 is 11.7 Å². The zero-order chi connectivity index (χ0) is 18.8. The van der Waals surface area contributed by atoms with Crippen LogP contribution in [0.2, 0.25) is 0 Å². The van der Waals surface area contributed by atoms with Crippen LogP contribution in [-0.2, 0) is 11.3 Å². The zero-order valence-corrected chi connectivity index (χ0v) is 16.1. The summed E-state index contributed by atoms with van der Waals surface area (Å²) in [5.41, 5.74) is 1.95. The molecule has 0 spiro atoms. The van der Waals surface area contributed by atoms with Gasteiger partial charge in [-0.2, -0.15) is 5.10 Å². The molecule has 2 aliphatic rings. The highest BCUT2D eigenvalue weighted by molar-refractivity contribution is 5.76. The van der Waals surface area contributed by atoms with Gasteiger partial charge in [-0.05, 0) is 44.9 Å². The van der Waals surface area contributed by atoms with Crippen molar-refractivity contribution in [3.8, 4) is 5.75 Å². The molecule has 2 saturated heterocycles. The maximum Gasteiger partial charge on any atom is 0.244 e. The fraction of sp³-hybridized carbons (Fsp3) is 0.550. The van der Waals surface area contributed by atoms with Crippen LogP contribution in [0.5, 0.6) is 5.75 Å². The number of carbonyl (C=O) groups excluding carboxylic acids is 1. The number of pyridine rings is 1. The van der Waals surface area contributed by atoms with Crippen molar-refractivity contribution in [2.45, 2.75) is 45.8 Å². The summed E-state index contributed by atoms with van der Waals surface area (Å²) < 4.78 is 8.03. The molecular weight excluding hydrogens is 342 g/mol. The molecule has 2 aromatic rings. The maximum absolute atomic E-state index is 12.6. The number of anilines is 1. The molecule has 0 saturated carbocycles. The molecule has 2 fully saturated rings. The van der Waals surface area contributed by atoms with Crippen molar-refractivity contribution in [1.29, 1.82) is 0 Å². The second-order valence-electron chi connectivity index (χ2n) is 7.47. The van der Waals surface area contributed by atoms with Crippen LogP contribution in [0.4, 0.5) is 5.82 Å². The van der Waals surface area contributed by atoms with Crippen LogP contribution in [-0.4, -0.2) is 57.9 Å². The van der Waals surface area contributed by atoms with Crippen molar-refractivity contribution in [1.82, 2.24) is 19.7 Å². The normalized spacial score (nSPS) is 19.7. The van der Waals surface area contributed by atoms with Gasteiger partial charge in [-0.3, -0.25) is 9.48 Å². The Hall–Kier alpha value is -2.57. The van der Waals surface area contributed by atoms with Crippen LogP contribution in [0.1, 0.15) is 30.7 Å². The van der Waals surface area contributed by atoms with E-state index in [-0.39, 0.29) is 18.6 Å². The molecule has 0 aliphatic carbocycles. The van der Waals surface area contributed by atoms with E-state index in [1.54, 1.807) is 4.68 Å². The lowest BCUT2D eigenvalue weighted by atomic mass is 10.3. The fourth-order valence-corrected chi connectivity index (χ4v) is 3.93. The SMILES string of the molecule is Cc1cc(C)n(CC(=O)N2CC[C@H](Oc3cccnc3N3CCCC3)C2)n1. The summed E-state index contributed by atoms with van der Waals surface area (Å²) in [7, 11) is 0. The Morgan fingerprint density at radius 3 is 2.81 bits per heavy atom. The number of ether oxygens (including phenoxy) is 1. The molecule has 0 radical (unpaired) electrons. The predicted octanol–water partition coefficient (Wildman–Crippen LogP) is 2.18. The molecule has 144 valence electrons. The van der Waals surface area contributed by atoms with Crippen molar-refractivity contribution in [3.63, 3.8) is 0 Å². The minimum Gasteiger partial charge on any atom is -0.485 e. The Morgan fingerprint density at radius 2 is 2.07 bits per heavy atom. The first-order valence-corrected chi connectivity index (χ1v) is 9.75. The van der Waals surface area contributed by atoms with E-state index in [4.69, 9.17) is 4.74 Å². The number of hydrogen-bond acceptors (Lipinski definition) is 5. The quantitative estimate of drug-likeness (QED) is 0.808. The highest BCUT2D eigenvalue weighted by Gasteiger charge is 2.29. The molecule has 0 bridgehead atoms. The van der Waals surface area contributed by atoms with Crippen molar-refractivity contribution in [3.05, 3.63) is 35.8 Å². The van der Waals surface area contributed by atoms with Gasteiger partial charge in [0, 0.05) is 37.9 Å². The summed E-state index contributed by atoms with van der Waals surface area (Å²) in [6.07, 6.45) is 5.08. The van der Waals surface area contributed by atoms with Gasteiger partial charge >= 0.3 is 0 Å². The summed E-state index contributed by atoms with van der Waals surface area (Å²) in [6.45, 7) is 7.62. The van der Waals surface area contributed by atoms with E-state index >= 15 is 0 Å². The monoisotopic (exact) mass is 369 g/mol. The van der Waals surface area contributed by atoms with Crippen LogP contribution in [0.25, 0.3) is 0 Å². The van der Waals surface area contributed by atoms with Gasteiger partial charge in [-0.1, -0.05) is 0 Å². The highest BCUT2D eigenvalue weighted by Crippen LogP contribution is 2.30. The van der Waals surface area contributed by atoms with Crippen LogP contribution in [0.3, 0.4) is 0 Å². The number of likely N-dealkylation sites (tertiary alicyclic amines) is 1.